The molecule has 2 amide bonds. The summed E-state index contributed by atoms with van der Waals surface area (Å²) in [5, 5.41) is 25.5. The zero-order valence-corrected chi connectivity index (χ0v) is 16.6. The molecule has 1 aliphatic heterocycles. The van der Waals surface area contributed by atoms with Gasteiger partial charge in [0, 0.05) is 28.8 Å². The number of nitriles is 1. The molecule has 2 heterocycles. The molecule has 0 fully saturated rings. The number of rotatable bonds is 4. The maximum atomic E-state index is 12.0. The Morgan fingerprint density at radius 2 is 1.87 bits per heavy atom. The van der Waals surface area contributed by atoms with E-state index in [2.05, 4.69) is 16.4 Å². The number of amides is 2. The maximum Gasteiger partial charge on any atom is 0.341 e. The molecule has 9 heteroatoms. The molecule has 8 nitrogen and oxygen atoms in total. The third-order valence-electron chi connectivity index (χ3n) is 4.90. The maximum absolute atomic E-state index is 12.0. The average Bonchev–Trinajstić information content (AvgIpc) is 3.23. The van der Waals surface area contributed by atoms with Gasteiger partial charge in [-0.1, -0.05) is 24.3 Å². The summed E-state index contributed by atoms with van der Waals surface area (Å²) in [7, 11) is 0. The van der Waals surface area contributed by atoms with Crippen molar-refractivity contribution in [2.24, 2.45) is 4.99 Å². The summed E-state index contributed by atoms with van der Waals surface area (Å²) in [5.41, 5.74) is 3.58. The lowest BCUT2D eigenvalue weighted by Crippen LogP contribution is -2.38. The second-order valence-electron chi connectivity index (χ2n) is 6.77. The van der Waals surface area contributed by atoms with Crippen LogP contribution in [0.25, 0.3) is 11.3 Å². The minimum absolute atomic E-state index is 0.0137. The Morgan fingerprint density at radius 3 is 2.50 bits per heavy atom. The van der Waals surface area contributed by atoms with Crippen molar-refractivity contribution in [3.05, 3.63) is 80.2 Å². The Hall–Kier alpha value is -3.90. The summed E-state index contributed by atoms with van der Waals surface area (Å²) in [6.07, 6.45) is 0. The minimum Gasteiger partial charge on any atom is -0.328 e. The predicted octanol–water partition coefficient (Wildman–Crippen LogP) is 4.60. The van der Waals surface area contributed by atoms with E-state index >= 15 is 0 Å². The standard InChI is InChI=1S/C21H15N5O3S/c1-12-18(20-24-17(11-30-20)14-4-2-13(10-22)3-5-14)19(25-21(27)23-12)15-6-8-16(9-7-15)26(28)29/h2-9,11,18-19H,1H3,(H,25,27). The second kappa shape index (κ2) is 7.85. The monoisotopic (exact) mass is 417 g/mol. The van der Waals surface area contributed by atoms with Crippen LogP contribution in [0.1, 0.15) is 35.0 Å². The van der Waals surface area contributed by atoms with Gasteiger partial charge in [-0.15, -0.1) is 11.3 Å². The molecule has 30 heavy (non-hydrogen) atoms. The fraction of sp³-hybridized carbons (Fsp3) is 0.143. The molecular formula is C21H15N5O3S. The average molecular weight is 417 g/mol. The van der Waals surface area contributed by atoms with Gasteiger partial charge in [0.1, 0.15) is 5.01 Å². The van der Waals surface area contributed by atoms with Crippen molar-refractivity contribution in [2.45, 2.75) is 18.9 Å². The number of benzene rings is 2. The highest BCUT2D eigenvalue weighted by atomic mass is 32.1. The third kappa shape index (κ3) is 3.68. The number of non-ortho nitro benzene ring substituents is 1. The van der Waals surface area contributed by atoms with Gasteiger partial charge in [0.2, 0.25) is 0 Å². The van der Waals surface area contributed by atoms with Crippen LogP contribution in [-0.4, -0.2) is 21.7 Å². The van der Waals surface area contributed by atoms with Crippen LogP contribution in [0, 0.1) is 21.4 Å². The molecule has 0 radical (unpaired) electrons. The van der Waals surface area contributed by atoms with Crippen molar-refractivity contribution in [1.29, 1.82) is 5.26 Å². The van der Waals surface area contributed by atoms with Crippen molar-refractivity contribution in [1.82, 2.24) is 10.3 Å². The number of carbonyl (C=O) groups excluding carboxylic acids is 1. The highest BCUT2D eigenvalue weighted by Crippen LogP contribution is 2.38. The fourth-order valence-electron chi connectivity index (χ4n) is 3.40. The first-order valence-electron chi connectivity index (χ1n) is 9.02. The Morgan fingerprint density at radius 1 is 1.17 bits per heavy atom. The van der Waals surface area contributed by atoms with Gasteiger partial charge in [-0.3, -0.25) is 10.1 Å². The molecule has 1 aromatic heterocycles. The van der Waals surface area contributed by atoms with Crippen molar-refractivity contribution in [2.75, 3.05) is 0 Å². The van der Waals surface area contributed by atoms with Gasteiger partial charge in [0.05, 0.1) is 34.2 Å². The van der Waals surface area contributed by atoms with Crippen molar-refractivity contribution in [3.8, 4) is 17.3 Å². The number of aliphatic imine (C=N–C) groups is 1. The van der Waals surface area contributed by atoms with Crippen LogP contribution in [0.15, 0.2) is 58.9 Å². The van der Waals surface area contributed by atoms with Crippen LogP contribution < -0.4 is 5.32 Å². The highest BCUT2D eigenvalue weighted by molar-refractivity contribution is 7.10. The van der Waals surface area contributed by atoms with Crippen molar-refractivity contribution in [3.63, 3.8) is 0 Å². The van der Waals surface area contributed by atoms with Gasteiger partial charge in [-0.2, -0.15) is 5.26 Å². The number of nitro benzene ring substituents is 1. The lowest BCUT2D eigenvalue weighted by molar-refractivity contribution is -0.384. The van der Waals surface area contributed by atoms with E-state index in [0.717, 1.165) is 21.8 Å². The molecule has 0 bridgehead atoms. The van der Waals surface area contributed by atoms with Gasteiger partial charge >= 0.3 is 6.03 Å². The molecule has 148 valence electrons. The van der Waals surface area contributed by atoms with E-state index in [1.807, 2.05) is 17.5 Å². The number of hydrogen-bond donors (Lipinski definition) is 1. The molecule has 4 rings (SSSR count). The van der Waals surface area contributed by atoms with Gasteiger partial charge in [-0.05, 0) is 24.6 Å². The predicted molar refractivity (Wildman–Crippen MR) is 112 cm³/mol. The van der Waals surface area contributed by atoms with Gasteiger partial charge < -0.3 is 5.32 Å². The van der Waals surface area contributed by atoms with Gasteiger partial charge in [-0.25, -0.2) is 14.8 Å². The highest BCUT2D eigenvalue weighted by Gasteiger charge is 2.35. The smallest absolute Gasteiger partial charge is 0.328 e. The van der Waals surface area contributed by atoms with Crippen LogP contribution in [-0.2, 0) is 0 Å². The minimum atomic E-state index is -0.460. The number of nitrogens with one attached hydrogen (secondary N) is 1. The van der Waals surface area contributed by atoms with Crippen LogP contribution in [0.3, 0.4) is 0 Å². The number of hydrogen-bond acceptors (Lipinski definition) is 6. The zero-order valence-electron chi connectivity index (χ0n) is 15.8. The first-order valence-corrected chi connectivity index (χ1v) is 9.90. The number of carbonyl (C=O) groups is 1. The quantitative estimate of drug-likeness (QED) is 0.491. The van der Waals surface area contributed by atoms with E-state index < -0.39 is 17.0 Å². The van der Waals surface area contributed by atoms with Crippen LogP contribution in [0.2, 0.25) is 0 Å². The third-order valence-corrected chi connectivity index (χ3v) is 5.83. The molecule has 0 saturated heterocycles. The molecule has 0 aliphatic carbocycles. The van der Waals surface area contributed by atoms with E-state index in [4.69, 9.17) is 10.2 Å². The second-order valence-corrected chi connectivity index (χ2v) is 7.66. The normalized spacial score (nSPS) is 18.3. The topological polar surface area (TPSA) is 121 Å². The molecule has 0 saturated carbocycles. The lowest BCUT2D eigenvalue weighted by atomic mass is 9.88. The number of nitro groups is 1. The van der Waals surface area contributed by atoms with Gasteiger partial charge in [0.15, 0.2) is 0 Å². The molecule has 1 N–H and O–H groups in total. The van der Waals surface area contributed by atoms with Crippen LogP contribution in [0.5, 0.6) is 0 Å². The molecule has 1 aliphatic rings. The van der Waals surface area contributed by atoms with Crippen LogP contribution >= 0.6 is 11.3 Å². The Bertz CT molecular complexity index is 1190. The van der Waals surface area contributed by atoms with E-state index in [1.54, 1.807) is 31.2 Å². The largest absolute Gasteiger partial charge is 0.341 e. The molecular weight excluding hydrogens is 402 g/mol. The molecule has 0 spiro atoms. The summed E-state index contributed by atoms with van der Waals surface area (Å²) in [4.78, 5) is 31.3. The summed E-state index contributed by atoms with van der Waals surface area (Å²) in [6, 6.07) is 14.5. The summed E-state index contributed by atoms with van der Waals surface area (Å²) >= 11 is 1.46. The SMILES string of the molecule is CC1=NC(=O)NC(c2ccc([N+](=O)[O-])cc2)C1c1nc(-c2ccc(C#N)cc2)cs1. The fourth-order valence-corrected chi connectivity index (χ4v) is 4.42. The molecule has 2 aromatic carbocycles. The Kier molecular flexibility index (Phi) is 5.08. The number of aromatic nitrogens is 1. The number of urea groups is 1. The van der Waals surface area contributed by atoms with Crippen molar-refractivity contribution < 1.29 is 9.72 Å². The van der Waals surface area contributed by atoms with E-state index in [9.17, 15) is 14.9 Å². The Labute approximate surface area is 175 Å². The number of nitrogens with zero attached hydrogens (tertiary/aromatic N) is 4. The summed E-state index contributed by atoms with van der Waals surface area (Å²) in [6.45, 7) is 1.78. The van der Waals surface area contributed by atoms with Crippen LogP contribution in [0.4, 0.5) is 10.5 Å². The van der Waals surface area contributed by atoms with Gasteiger partial charge in [0.25, 0.3) is 5.69 Å². The zero-order chi connectivity index (χ0) is 21.3. The molecule has 2 unspecified atom stereocenters. The lowest BCUT2D eigenvalue weighted by Gasteiger charge is -2.29. The number of thiazole rings is 1. The Balaban J connectivity index is 1.70. The van der Waals surface area contributed by atoms with Crippen molar-refractivity contribution >= 4 is 28.8 Å². The van der Waals surface area contributed by atoms with E-state index in [1.165, 1.54) is 23.5 Å². The summed E-state index contributed by atoms with van der Waals surface area (Å²) in [5.74, 6) is -0.290. The summed E-state index contributed by atoms with van der Waals surface area (Å²) < 4.78 is 0. The first kappa shape index (κ1) is 19.4. The molecule has 2 atom stereocenters. The van der Waals surface area contributed by atoms with E-state index in [-0.39, 0.29) is 11.6 Å². The first-order chi connectivity index (χ1) is 14.5. The molecule has 3 aromatic rings. The van der Waals surface area contributed by atoms with E-state index in [0.29, 0.717) is 11.3 Å².